The minimum Gasteiger partial charge on any atom is -0.381 e. The second-order valence-corrected chi connectivity index (χ2v) is 8.94. The number of hydrogen-bond acceptors (Lipinski definition) is 3. The van der Waals surface area contributed by atoms with Crippen LogP contribution in [0, 0.1) is 23.7 Å². The average Bonchev–Trinajstić information content (AvgIpc) is 3.14. The number of nitrogens with zero attached hydrogens (tertiary/aromatic N) is 1. The maximum atomic E-state index is 13.1. The van der Waals surface area contributed by atoms with Crippen molar-refractivity contribution in [2.24, 2.45) is 23.7 Å². The molecule has 2 aliphatic carbocycles. The lowest BCUT2D eigenvalue weighted by molar-refractivity contribution is -0.151. The van der Waals surface area contributed by atoms with Gasteiger partial charge in [-0.3, -0.25) is 4.79 Å². The molecular formula is C19H22BrNO3. The third-order valence-corrected chi connectivity index (χ3v) is 7.32. The number of amides is 1. The summed E-state index contributed by atoms with van der Waals surface area (Å²) in [5.41, 5.74) is 1.12. The van der Waals surface area contributed by atoms with E-state index in [0.717, 1.165) is 42.8 Å². The fourth-order valence-corrected chi connectivity index (χ4v) is 5.88. The van der Waals surface area contributed by atoms with Crippen LogP contribution in [0.1, 0.15) is 17.5 Å². The van der Waals surface area contributed by atoms with Crippen molar-refractivity contribution < 1.29 is 14.6 Å². The Balaban J connectivity index is 1.33. The van der Waals surface area contributed by atoms with Crippen LogP contribution in [0.3, 0.4) is 0 Å². The minimum atomic E-state index is -1.23. The van der Waals surface area contributed by atoms with E-state index in [1.54, 1.807) is 0 Å². The first-order chi connectivity index (χ1) is 11.5. The van der Waals surface area contributed by atoms with Crippen LogP contribution in [0.5, 0.6) is 0 Å². The van der Waals surface area contributed by atoms with E-state index >= 15 is 0 Å². The lowest BCUT2D eigenvalue weighted by atomic mass is 9.60. The maximum Gasteiger partial charge on any atom is 0.254 e. The fourth-order valence-electron chi connectivity index (χ4n) is 5.47. The van der Waals surface area contributed by atoms with Crippen LogP contribution in [0.15, 0.2) is 22.7 Å². The first-order valence-corrected chi connectivity index (χ1v) is 9.71. The summed E-state index contributed by atoms with van der Waals surface area (Å²) in [7, 11) is 0. The van der Waals surface area contributed by atoms with Gasteiger partial charge in [0.1, 0.15) is 5.60 Å². The van der Waals surface area contributed by atoms with E-state index in [0.29, 0.717) is 36.5 Å². The summed E-state index contributed by atoms with van der Waals surface area (Å²) >= 11 is 3.50. The molecule has 128 valence electrons. The van der Waals surface area contributed by atoms with Gasteiger partial charge in [-0.1, -0.05) is 22.0 Å². The molecule has 1 aromatic rings. The molecule has 2 saturated heterocycles. The van der Waals surface area contributed by atoms with E-state index in [2.05, 4.69) is 22.0 Å². The van der Waals surface area contributed by atoms with Gasteiger partial charge < -0.3 is 14.7 Å². The summed E-state index contributed by atoms with van der Waals surface area (Å²) in [5, 5.41) is 11.1. The Morgan fingerprint density at radius 1 is 1.17 bits per heavy atom. The molecular weight excluding hydrogens is 370 g/mol. The zero-order valence-corrected chi connectivity index (χ0v) is 15.2. The van der Waals surface area contributed by atoms with Gasteiger partial charge in [0.15, 0.2) is 0 Å². The summed E-state index contributed by atoms with van der Waals surface area (Å²) < 4.78 is 6.65. The van der Waals surface area contributed by atoms with Crippen LogP contribution in [-0.2, 0) is 22.4 Å². The molecule has 1 amide bonds. The Morgan fingerprint density at radius 3 is 2.58 bits per heavy atom. The highest BCUT2D eigenvalue weighted by Crippen LogP contribution is 2.53. The highest BCUT2D eigenvalue weighted by atomic mass is 79.9. The molecule has 1 saturated carbocycles. The van der Waals surface area contributed by atoms with Gasteiger partial charge in [-0.15, -0.1) is 0 Å². The summed E-state index contributed by atoms with van der Waals surface area (Å²) in [6, 6.07) is 6.13. The molecule has 24 heavy (non-hydrogen) atoms. The van der Waals surface area contributed by atoms with Gasteiger partial charge in [-0.25, -0.2) is 0 Å². The van der Waals surface area contributed by atoms with Gasteiger partial charge >= 0.3 is 0 Å². The molecule has 0 aromatic heterocycles. The van der Waals surface area contributed by atoms with E-state index in [1.165, 1.54) is 5.56 Å². The van der Waals surface area contributed by atoms with Crippen molar-refractivity contribution in [3.63, 3.8) is 0 Å². The minimum absolute atomic E-state index is 0.0514. The third-order valence-electron chi connectivity index (χ3n) is 6.83. The monoisotopic (exact) mass is 391 g/mol. The topological polar surface area (TPSA) is 49.8 Å². The predicted octanol–water partition coefficient (Wildman–Crippen LogP) is 2.02. The van der Waals surface area contributed by atoms with Crippen LogP contribution in [-0.4, -0.2) is 47.8 Å². The number of benzene rings is 1. The number of halogens is 1. The normalized spacial score (nSPS) is 39.8. The van der Waals surface area contributed by atoms with Crippen LogP contribution < -0.4 is 0 Å². The Labute approximate surface area is 150 Å². The molecule has 1 N–H and O–H groups in total. The highest BCUT2D eigenvalue weighted by molar-refractivity contribution is 9.10. The molecule has 5 unspecified atom stereocenters. The number of fused-ring (bicyclic) bond motifs is 5. The lowest BCUT2D eigenvalue weighted by Crippen LogP contribution is -2.51. The van der Waals surface area contributed by atoms with Crippen LogP contribution in [0.25, 0.3) is 0 Å². The molecule has 4 nitrogen and oxygen atoms in total. The zero-order valence-electron chi connectivity index (χ0n) is 13.6. The summed E-state index contributed by atoms with van der Waals surface area (Å²) in [5.74, 6) is 2.43. The van der Waals surface area contributed by atoms with Crippen molar-refractivity contribution in [1.29, 1.82) is 0 Å². The predicted molar refractivity (Wildman–Crippen MR) is 92.5 cm³/mol. The Morgan fingerprint density at radius 2 is 1.88 bits per heavy atom. The molecule has 1 aromatic carbocycles. The first kappa shape index (κ1) is 15.4. The molecule has 4 aliphatic rings. The molecule has 5 rings (SSSR count). The number of ether oxygens (including phenoxy) is 1. The molecule has 2 aliphatic heterocycles. The van der Waals surface area contributed by atoms with E-state index in [4.69, 9.17) is 4.74 Å². The van der Waals surface area contributed by atoms with Crippen molar-refractivity contribution in [2.45, 2.75) is 24.9 Å². The molecule has 2 heterocycles. The van der Waals surface area contributed by atoms with E-state index in [-0.39, 0.29) is 5.91 Å². The van der Waals surface area contributed by atoms with E-state index in [9.17, 15) is 9.90 Å². The molecule has 0 bridgehead atoms. The quantitative estimate of drug-likeness (QED) is 0.796. The summed E-state index contributed by atoms with van der Waals surface area (Å²) in [6.45, 7) is 3.34. The molecule has 5 atom stereocenters. The Kier molecular flexibility index (Phi) is 3.39. The van der Waals surface area contributed by atoms with Gasteiger partial charge in [0.05, 0.1) is 13.2 Å². The number of likely N-dealkylation sites (tertiary alicyclic amines) is 1. The number of carbonyl (C=O) groups is 1. The Bertz CT molecular complexity index is 690. The van der Waals surface area contributed by atoms with Gasteiger partial charge in [0.2, 0.25) is 0 Å². The average molecular weight is 392 g/mol. The van der Waals surface area contributed by atoms with Gasteiger partial charge in [-0.2, -0.15) is 0 Å². The largest absolute Gasteiger partial charge is 0.381 e. The maximum absolute atomic E-state index is 13.1. The van der Waals surface area contributed by atoms with E-state index < -0.39 is 5.60 Å². The lowest BCUT2D eigenvalue weighted by Gasteiger charge is -2.42. The highest BCUT2D eigenvalue weighted by Gasteiger charge is 2.58. The molecule has 0 radical (unpaired) electrons. The van der Waals surface area contributed by atoms with Crippen molar-refractivity contribution in [1.82, 2.24) is 4.90 Å². The first-order valence-electron chi connectivity index (χ1n) is 8.92. The third kappa shape index (κ3) is 2.14. The van der Waals surface area contributed by atoms with Crippen LogP contribution in [0.2, 0.25) is 0 Å². The van der Waals surface area contributed by atoms with Gasteiger partial charge in [0, 0.05) is 24.0 Å². The van der Waals surface area contributed by atoms with Crippen molar-refractivity contribution in [3.8, 4) is 0 Å². The van der Waals surface area contributed by atoms with Crippen molar-refractivity contribution in [2.75, 3.05) is 26.3 Å². The number of rotatable bonds is 1. The van der Waals surface area contributed by atoms with Crippen molar-refractivity contribution >= 4 is 21.8 Å². The van der Waals surface area contributed by atoms with Gasteiger partial charge in [-0.05, 0) is 59.8 Å². The summed E-state index contributed by atoms with van der Waals surface area (Å²) in [6.07, 6.45) is 1.73. The molecule has 5 heteroatoms. The molecule has 3 fully saturated rings. The summed E-state index contributed by atoms with van der Waals surface area (Å²) in [4.78, 5) is 15.0. The standard InChI is InChI=1S/C19H22BrNO3/c20-13-2-1-12-6-19(23,4-3-11(12)5-13)18(22)21-7-14-15(8-21)17-10-24-9-16(14)17/h1-2,5,14-17,23H,3-4,6-10H2. The van der Waals surface area contributed by atoms with Crippen LogP contribution in [0.4, 0.5) is 0 Å². The Hall–Kier alpha value is -0.910. The second-order valence-electron chi connectivity index (χ2n) is 8.02. The second kappa shape index (κ2) is 5.29. The number of aliphatic hydroxyl groups is 1. The fraction of sp³-hybridized carbons (Fsp3) is 0.632. The van der Waals surface area contributed by atoms with Gasteiger partial charge in [0.25, 0.3) is 5.91 Å². The SMILES string of the molecule is O=C(N1CC2C3COCC3C2C1)C1(O)CCc2cc(Br)ccc2C1. The smallest absolute Gasteiger partial charge is 0.254 e. The molecule has 0 spiro atoms. The van der Waals surface area contributed by atoms with E-state index in [1.807, 2.05) is 17.0 Å². The van der Waals surface area contributed by atoms with Crippen molar-refractivity contribution in [3.05, 3.63) is 33.8 Å². The zero-order chi connectivity index (χ0) is 16.5. The number of carbonyl (C=O) groups excluding carboxylic acids is 1. The number of hydrogen-bond donors (Lipinski definition) is 1. The number of aryl methyl sites for hydroxylation is 1. The van der Waals surface area contributed by atoms with Crippen LogP contribution >= 0.6 is 15.9 Å².